The zero-order valence-electron chi connectivity index (χ0n) is 12.0. The molecule has 0 radical (unpaired) electrons. The van der Waals surface area contributed by atoms with E-state index in [0.29, 0.717) is 19.4 Å². The summed E-state index contributed by atoms with van der Waals surface area (Å²) in [4.78, 5) is 6.05. The fourth-order valence-electron chi connectivity index (χ4n) is 2.77. The number of nitrogens with one attached hydrogen (secondary N) is 1. The van der Waals surface area contributed by atoms with Crippen molar-refractivity contribution in [1.29, 1.82) is 0 Å². The van der Waals surface area contributed by atoms with Crippen molar-refractivity contribution in [2.75, 3.05) is 6.54 Å². The third kappa shape index (κ3) is 2.95. The first-order valence-electron chi connectivity index (χ1n) is 7.11. The van der Waals surface area contributed by atoms with Crippen LogP contribution in [0.5, 0.6) is 0 Å². The summed E-state index contributed by atoms with van der Waals surface area (Å²) in [6, 6.07) is 12.7. The average molecular weight is 294 g/mol. The third-order valence-corrected chi connectivity index (χ3v) is 3.70. The molecule has 0 atom stereocenters. The molecule has 0 spiro atoms. The van der Waals surface area contributed by atoms with Gasteiger partial charge in [0.15, 0.2) is 0 Å². The topological polar surface area (TPSA) is 64.6 Å². The van der Waals surface area contributed by atoms with Gasteiger partial charge in [0.2, 0.25) is 0 Å². The summed E-state index contributed by atoms with van der Waals surface area (Å²) in [5.74, 6) is -0.221. The number of fused-ring (bicyclic) bond motifs is 1. The molecule has 0 saturated carbocycles. The van der Waals surface area contributed by atoms with Gasteiger partial charge in [-0.25, -0.2) is 4.39 Å². The first kappa shape index (κ1) is 14.2. The molecule has 1 aromatic heterocycles. The summed E-state index contributed by atoms with van der Waals surface area (Å²) in [5, 5.41) is 4.74. The maximum absolute atomic E-state index is 13.3. The molecule has 1 N–H and O–H groups in total. The Morgan fingerprint density at radius 3 is 2.82 bits per heavy atom. The molecular weight excluding hydrogens is 279 g/mol. The zero-order chi connectivity index (χ0) is 15.4. The van der Waals surface area contributed by atoms with Gasteiger partial charge in [0.25, 0.3) is 0 Å². The normalized spacial score (nSPS) is 10.6. The van der Waals surface area contributed by atoms with Crippen LogP contribution in [-0.2, 0) is 12.8 Å². The monoisotopic (exact) mass is 294 g/mol. The molecule has 2 aromatic carbocycles. The Morgan fingerprint density at radius 1 is 1.14 bits per heavy atom. The van der Waals surface area contributed by atoms with Gasteiger partial charge in [-0.05, 0) is 53.3 Å². The SMILES string of the molecule is [N-]=[N+]=NCCc1cccc2[nH]cc(Cc3cccc(F)c3)c12. The number of azide groups is 1. The van der Waals surface area contributed by atoms with E-state index in [0.717, 1.165) is 27.6 Å². The number of hydrogen-bond acceptors (Lipinski definition) is 1. The predicted octanol–water partition coefficient (Wildman–Crippen LogP) is 4.75. The lowest BCUT2D eigenvalue weighted by Gasteiger charge is -2.05. The Labute approximate surface area is 127 Å². The first-order chi connectivity index (χ1) is 10.8. The molecule has 22 heavy (non-hydrogen) atoms. The second-order valence-electron chi connectivity index (χ2n) is 5.16. The lowest BCUT2D eigenvalue weighted by atomic mass is 9.99. The summed E-state index contributed by atoms with van der Waals surface area (Å²) in [5.41, 5.74) is 12.7. The molecule has 5 heteroatoms. The highest BCUT2D eigenvalue weighted by Gasteiger charge is 2.09. The Morgan fingerprint density at radius 2 is 2.00 bits per heavy atom. The number of aromatic nitrogens is 1. The van der Waals surface area contributed by atoms with E-state index >= 15 is 0 Å². The summed E-state index contributed by atoms with van der Waals surface area (Å²) in [6.45, 7) is 0.431. The maximum Gasteiger partial charge on any atom is 0.123 e. The van der Waals surface area contributed by atoms with Crippen LogP contribution in [0.4, 0.5) is 4.39 Å². The molecule has 3 rings (SSSR count). The Kier molecular flexibility index (Phi) is 4.08. The molecule has 110 valence electrons. The van der Waals surface area contributed by atoms with Crippen LogP contribution in [0.25, 0.3) is 21.3 Å². The first-order valence-corrected chi connectivity index (χ1v) is 7.11. The van der Waals surface area contributed by atoms with Crippen molar-refractivity contribution in [3.63, 3.8) is 0 Å². The van der Waals surface area contributed by atoms with Crippen LogP contribution < -0.4 is 0 Å². The fraction of sp³-hybridized carbons (Fsp3) is 0.176. The van der Waals surface area contributed by atoms with E-state index in [1.54, 1.807) is 12.1 Å². The summed E-state index contributed by atoms with van der Waals surface area (Å²) in [7, 11) is 0. The van der Waals surface area contributed by atoms with Crippen molar-refractivity contribution in [3.05, 3.63) is 81.6 Å². The average Bonchev–Trinajstić information content (AvgIpc) is 2.92. The van der Waals surface area contributed by atoms with Crippen molar-refractivity contribution >= 4 is 10.9 Å². The number of hydrogen-bond donors (Lipinski definition) is 1. The van der Waals surface area contributed by atoms with E-state index < -0.39 is 0 Å². The van der Waals surface area contributed by atoms with Crippen LogP contribution in [0, 0.1) is 5.82 Å². The molecule has 0 unspecified atom stereocenters. The van der Waals surface area contributed by atoms with E-state index in [2.05, 4.69) is 15.0 Å². The molecule has 0 aliphatic rings. The van der Waals surface area contributed by atoms with Crippen LogP contribution in [0.2, 0.25) is 0 Å². The molecule has 0 aliphatic carbocycles. The van der Waals surface area contributed by atoms with Crippen LogP contribution in [-0.4, -0.2) is 11.5 Å². The molecule has 3 aromatic rings. The van der Waals surface area contributed by atoms with E-state index in [9.17, 15) is 4.39 Å². The highest BCUT2D eigenvalue weighted by atomic mass is 19.1. The Hall–Kier alpha value is -2.78. The molecular formula is C17H15FN4. The lowest BCUT2D eigenvalue weighted by Crippen LogP contribution is -1.93. The summed E-state index contributed by atoms with van der Waals surface area (Å²) < 4.78 is 13.3. The van der Waals surface area contributed by atoms with E-state index in [4.69, 9.17) is 5.53 Å². The van der Waals surface area contributed by atoms with E-state index in [1.165, 1.54) is 6.07 Å². The minimum Gasteiger partial charge on any atom is -0.361 e. The van der Waals surface area contributed by atoms with Gasteiger partial charge < -0.3 is 4.98 Å². The fourth-order valence-corrected chi connectivity index (χ4v) is 2.77. The van der Waals surface area contributed by atoms with Crippen molar-refractivity contribution in [2.45, 2.75) is 12.8 Å². The van der Waals surface area contributed by atoms with Gasteiger partial charge in [-0.15, -0.1) is 0 Å². The number of benzene rings is 2. The second-order valence-corrected chi connectivity index (χ2v) is 5.16. The van der Waals surface area contributed by atoms with Gasteiger partial charge in [0, 0.05) is 28.6 Å². The standard InChI is InChI=1S/C17H15FN4/c18-15-5-1-3-12(10-15)9-14-11-20-16-6-2-4-13(17(14)16)7-8-21-22-19/h1-6,10-11,20H,7-9H2. The number of nitrogens with zero attached hydrogens (tertiary/aromatic N) is 3. The van der Waals surface area contributed by atoms with Gasteiger partial charge in [-0.1, -0.05) is 29.4 Å². The molecule has 0 fully saturated rings. The quantitative estimate of drug-likeness (QED) is 0.401. The zero-order valence-corrected chi connectivity index (χ0v) is 12.0. The molecule has 0 bridgehead atoms. The molecule has 0 amide bonds. The summed E-state index contributed by atoms with van der Waals surface area (Å²) in [6.07, 6.45) is 3.32. The van der Waals surface area contributed by atoms with Crippen molar-refractivity contribution in [1.82, 2.24) is 4.98 Å². The lowest BCUT2D eigenvalue weighted by molar-refractivity contribution is 0.626. The second kappa shape index (κ2) is 6.33. The number of rotatable bonds is 5. The molecule has 4 nitrogen and oxygen atoms in total. The number of H-pyrrole nitrogens is 1. The van der Waals surface area contributed by atoms with E-state index in [-0.39, 0.29) is 5.82 Å². The van der Waals surface area contributed by atoms with Gasteiger partial charge >= 0.3 is 0 Å². The maximum atomic E-state index is 13.3. The van der Waals surface area contributed by atoms with Crippen molar-refractivity contribution in [2.24, 2.45) is 5.11 Å². The minimum absolute atomic E-state index is 0.221. The number of halogens is 1. The van der Waals surface area contributed by atoms with Gasteiger partial charge in [-0.3, -0.25) is 0 Å². The predicted molar refractivity (Wildman–Crippen MR) is 85.2 cm³/mol. The smallest absolute Gasteiger partial charge is 0.123 e. The van der Waals surface area contributed by atoms with Crippen molar-refractivity contribution in [3.8, 4) is 0 Å². The number of aromatic amines is 1. The highest BCUT2D eigenvalue weighted by molar-refractivity contribution is 5.87. The molecule has 0 saturated heterocycles. The Balaban J connectivity index is 1.97. The molecule has 1 heterocycles. The third-order valence-electron chi connectivity index (χ3n) is 3.70. The van der Waals surface area contributed by atoms with Crippen LogP contribution in [0.3, 0.4) is 0 Å². The Bertz CT molecular complexity index is 847. The van der Waals surface area contributed by atoms with Crippen LogP contribution in [0.1, 0.15) is 16.7 Å². The minimum atomic E-state index is -0.221. The molecule has 0 aliphatic heterocycles. The van der Waals surface area contributed by atoms with Gasteiger partial charge in [0.05, 0.1) is 0 Å². The van der Waals surface area contributed by atoms with Gasteiger partial charge in [-0.2, -0.15) is 0 Å². The largest absolute Gasteiger partial charge is 0.361 e. The highest BCUT2D eigenvalue weighted by Crippen LogP contribution is 2.25. The van der Waals surface area contributed by atoms with E-state index in [1.807, 2.05) is 30.5 Å². The summed E-state index contributed by atoms with van der Waals surface area (Å²) >= 11 is 0. The van der Waals surface area contributed by atoms with Crippen molar-refractivity contribution < 1.29 is 4.39 Å². The van der Waals surface area contributed by atoms with Gasteiger partial charge in [0.1, 0.15) is 5.82 Å². The van der Waals surface area contributed by atoms with Crippen LogP contribution >= 0.6 is 0 Å². The van der Waals surface area contributed by atoms with Crippen LogP contribution in [0.15, 0.2) is 53.8 Å².